The van der Waals surface area contributed by atoms with Crippen LogP contribution >= 0.6 is 34.8 Å². The lowest BCUT2D eigenvalue weighted by atomic mass is 10.3. The van der Waals surface area contributed by atoms with Crippen molar-refractivity contribution >= 4 is 40.7 Å². The fraction of sp³-hybridized carbons (Fsp3) is 0.833. The molecule has 0 aliphatic rings. The molecule has 1 atom stereocenters. The minimum atomic E-state index is -1.76. The zero-order chi connectivity index (χ0) is 9.78. The highest BCUT2D eigenvalue weighted by Crippen LogP contribution is 2.31. The Balaban J connectivity index is 3.84. The Hall–Kier alpha value is 0.300. The maximum atomic E-state index is 9.17. The van der Waals surface area contributed by atoms with Gasteiger partial charge < -0.3 is 9.84 Å². The Morgan fingerprint density at radius 1 is 1.58 bits per heavy atom. The van der Waals surface area contributed by atoms with Crippen LogP contribution in [0.2, 0.25) is 0 Å². The van der Waals surface area contributed by atoms with E-state index in [4.69, 9.17) is 50.1 Å². The van der Waals surface area contributed by atoms with Crippen LogP contribution in [0.1, 0.15) is 13.3 Å². The number of ether oxygens (including phenoxy) is 1. The standard InChI is InChI=1S/C6H10Cl3NO2/c1-2-12-5(10)3-4(11)6(7,8)9/h4,10-11H,2-3H2,1H3/t4-/m0/s1. The molecule has 0 bridgehead atoms. The van der Waals surface area contributed by atoms with E-state index in [0.717, 1.165) is 0 Å². The van der Waals surface area contributed by atoms with Crippen LogP contribution in [0, 0.1) is 5.41 Å². The van der Waals surface area contributed by atoms with Crippen LogP contribution in [0.3, 0.4) is 0 Å². The SMILES string of the molecule is CCOC(=N)C[C@H](O)C(Cl)(Cl)Cl. The average Bonchev–Trinajstić information content (AvgIpc) is 1.85. The molecule has 0 aliphatic carbocycles. The number of nitrogens with one attached hydrogen (secondary N) is 1. The van der Waals surface area contributed by atoms with Crippen molar-refractivity contribution in [1.82, 2.24) is 0 Å². The highest BCUT2D eigenvalue weighted by Gasteiger charge is 2.31. The third kappa shape index (κ3) is 5.04. The lowest BCUT2D eigenvalue weighted by Gasteiger charge is -2.18. The number of aliphatic hydroxyl groups is 1. The molecular weight excluding hydrogens is 224 g/mol. The van der Waals surface area contributed by atoms with Crippen molar-refractivity contribution in [3.63, 3.8) is 0 Å². The van der Waals surface area contributed by atoms with E-state index in [1.54, 1.807) is 6.92 Å². The van der Waals surface area contributed by atoms with E-state index in [2.05, 4.69) is 0 Å². The Morgan fingerprint density at radius 3 is 2.42 bits per heavy atom. The highest BCUT2D eigenvalue weighted by molar-refractivity contribution is 6.68. The van der Waals surface area contributed by atoms with Crippen molar-refractivity contribution in [3.8, 4) is 0 Å². The largest absolute Gasteiger partial charge is 0.481 e. The molecule has 0 amide bonds. The van der Waals surface area contributed by atoms with Gasteiger partial charge in [0.15, 0.2) is 5.90 Å². The molecule has 12 heavy (non-hydrogen) atoms. The summed E-state index contributed by atoms with van der Waals surface area (Å²) in [5, 5.41) is 16.3. The van der Waals surface area contributed by atoms with Gasteiger partial charge in [0, 0.05) is 0 Å². The van der Waals surface area contributed by atoms with Crippen molar-refractivity contribution in [2.75, 3.05) is 6.61 Å². The zero-order valence-corrected chi connectivity index (χ0v) is 8.75. The van der Waals surface area contributed by atoms with E-state index >= 15 is 0 Å². The molecule has 0 heterocycles. The smallest absolute Gasteiger partial charge is 0.216 e. The van der Waals surface area contributed by atoms with Gasteiger partial charge in [-0.2, -0.15) is 0 Å². The molecule has 0 aromatic rings. The normalized spacial score (nSPS) is 14.1. The van der Waals surface area contributed by atoms with E-state index < -0.39 is 9.90 Å². The van der Waals surface area contributed by atoms with Crippen molar-refractivity contribution < 1.29 is 9.84 Å². The van der Waals surface area contributed by atoms with Crippen LogP contribution in [0.4, 0.5) is 0 Å². The number of rotatable bonds is 3. The molecular formula is C6H10Cl3NO2. The van der Waals surface area contributed by atoms with Gasteiger partial charge in [-0.15, -0.1) is 0 Å². The second-order valence-corrected chi connectivity index (χ2v) is 4.49. The van der Waals surface area contributed by atoms with Gasteiger partial charge in [0.05, 0.1) is 13.0 Å². The van der Waals surface area contributed by atoms with Crippen LogP contribution in [-0.4, -0.2) is 27.5 Å². The molecule has 0 saturated carbocycles. The lowest BCUT2D eigenvalue weighted by Crippen LogP contribution is -2.28. The molecule has 6 heteroatoms. The van der Waals surface area contributed by atoms with Crippen molar-refractivity contribution in [2.24, 2.45) is 0 Å². The summed E-state index contributed by atoms with van der Waals surface area (Å²) in [7, 11) is 0. The van der Waals surface area contributed by atoms with Gasteiger partial charge in [-0.1, -0.05) is 34.8 Å². The minimum absolute atomic E-state index is 0.0867. The first kappa shape index (κ1) is 12.3. The highest BCUT2D eigenvalue weighted by atomic mass is 35.6. The molecule has 0 aromatic heterocycles. The number of alkyl halides is 3. The molecule has 0 aliphatic heterocycles. The summed E-state index contributed by atoms with van der Waals surface area (Å²) in [5.74, 6) is -0.0867. The van der Waals surface area contributed by atoms with Crippen LogP contribution in [0.15, 0.2) is 0 Å². The van der Waals surface area contributed by atoms with E-state index in [-0.39, 0.29) is 12.3 Å². The van der Waals surface area contributed by atoms with E-state index in [1.807, 2.05) is 0 Å². The van der Waals surface area contributed by atoms with Gasteiger partial charge in [-0.25, -0.2) is 0 Å². The fourth-order valence-electron chi connectivity index (χ4n) is 0.524. The number of hydrogen-bond donors (Lipinski definition) is 2. The number of aliphatic hydroxyl groups excluding tert-OH is 1. The van der Waals surface area contributed by atoms with Crippen molar-refractivity contribution in [1.29, 1.82) is 5.41 Å². The zero-order valence-electron chi connectivity index (χ0n) is 6.48. The number of halogens is 3. The Bertz CT molecular complexity index is 157. The topological polar surface area (TPSA) is 53.3 Å². The maximum absolute atomic E-state index is 9.17. The Kier molecular flexibility index (Phi) is 5.25. The van der Waals surface area contributed by atoms with Crippen LogP contribution in [-0.2, 0) is 4.74 Å². The van der Waals surface area contributed by atoms with Gasteiger partial charge >= 0.3 is 0 Å². The van der Waals surface area contributed by atoms with Crippen molar-refractivity contribution in [3.05, 3.63) is 0 Å². The van der Waals surface area contributed by atoms with E-state index in [9.17, 15) is 0 Å². The minimum Gasteiger partial charge on any atom is -0.481 e. The van der Waals surface area contributed by atoms with Gasteiger partial charge in [-0.3, -0.25) is 5.41 Å². The summed E-state index contributed by atoms with van der Waals surface area (Å²) < 4.78 is 2.99. The molecule has 0 rings (SSSR count). The quantitative estimate of drug-likeness (QED) is 0.446. The third-order valence-corrected chi connectivity index (χ3v) is 1.83. The summed E-state index contributed by atoms with van der Waals surface area (Å²) in [5.41, 5.74) is 0. The molecule has 0 saturated heterocycles. The fourth-order valence-corrected chi connectivity index (χ4v) is 0.756. The molecule has 0 spiro atoms. The van der Waals surface area contributed by atoms with Crippen LogP contribution in [0.25, 0.3) is 0 Å². The van der Waals surface area contributed by atoms with E-state index in [1.165, 1.54) is 0 Å². The first-order chi connectivity index (χ1) is 5.38. The summed E-state index contributed by atoms with van der Waals surface area (Å²) in [6, 6.07) is 0. The van der Waals surface area contributed by atoms with Crippen LogP contribution in [0.5, 0.6) is 0 Å². The predicted molar refractivity (Wildman–Crippen MR) is 50.3 cm³/mol. The second kappa shape index (κ2) is 5.12. The molecule has 0 unspecified atom stereocenters. The van der Waals surface area contributed by atoms with Crippen LogP contribution < -0.4 is 0 Å². The first-order valence-corrected chi connectivity index (χ1v) is 4.46. The van der Waals surface area contributed by atoms with Gasteiger partial charge in [0.2, 0.25) is 3.79 Å². The molecule has 2 N–H and O–H groups in total. The van der Waals surface area contributed by atoms with E-state index in [0.29, 0.717) is 6.61 Å². The van der Waals surface area contributed by atoms with Crippen molar-refractivity contribution in [2.45, 2.75) is 23.2 Å². The Labute approximate surface area is 86.1 Å². The summed E-state index contributed by atoms with van der Waals surface area (Å²) in [4.78, 5) is 0. The van der Waals surface area contributed by atoms with Gasteiger partial charge in [-0.05, 0) is 6.92 Å². The molecule has 72 valence electrons. The first-order valence-electron chi connectivity index (χ1n) is 3.33. The monoisotopic (exact) mass is 233 g/mol. The molecule has 0 radical (unpaired) electrons. The maximum Gasteiger partial charge on any atom is 0.216 e. The summed E-state index contributed by atoms with van der Waals surface area (Å²) in [6.45, 7) is 2.10. The molecule has 0 aromatic carbocycles. The van der Waals surface area contributed by atoms with Gasteiger partial charge in [0.1, 0.15) is 6.10 Å². The lowest BCUT2D eigenvalue weighted by molar-refractivity contribution is 0.174. The second-order valence-electron chi connectivity index (χ2n) is 2.12. The Morgan fingerprint density at radius 2 is 2.08 bits per heavy atom. The third-order valence-electron chi connectivity index (χ3n) is 1.08. The van der Waals surface area contributed by atoms with Gasteiger partial charge in [0.25, 0.3) is 0 Å². The summed E-state index contributed by atoms with van der Waals surface area (Å²) >= 11 is 16.1. The molecule has 3 nitrogen and oxygen atoms in total. The predicted octanol–water partition coefficient (Wildman–Crippen LogP) is 2.12. The average molecular weight is 235 g/mol. The molecule has 0 fully saturated rings. The summed E-state index contributed by atoms with van der Waals surface area (Å²) in [6.07, 6.45) is -1.30. The number of hydrogen-bond acceptors (Lipinski definition) is 3.